The summed E-state index contributed by atoms with van der Waals surface area (Å²) in [7, 11) is 0. The van der Waals surface area contributed by atoms with Crippen molar-refractivity contribution in [1.82, 2.24) is 5.32 Å². The molecule has 0 aromatic heterocycles. The Morgan fingerprint density at radius 2 is 1.88 bits per heavy atom. The first-order valence-corrected chi connectivity index (χ1v) is 9.31. The molecule has 4 nitrogen and oxygen atoms in total. The molecule has 0 unspecified atom stereocenters. The third kappa shape index (κ3) is 6.87. The van der Waals surface area contributed by atoms with Crippen molar-refractivity contribution in [2.75, 3.05) is 5.32 Å². The van der Waals surface area contributed by atoms with Crippen LogP contribution in [-0.4, -0.2) is 17.1 Å². The van der Waals surface area contributed by atoms with Crippen LogP contribution in [0.5, 0.6) is 5.75 Å². The summed E-state index contributed by atoms with van der Waals surface area (Å²) >= 11 is 5.21. The molecule has 0 spiro atoms. The smallest absolute Gasteiger partial charge is 0.226 e. The lowest BCUT2D eigenvalue weighted by molar-refractivity contribution is -0.120. The second-order valence-electron chi connectivity index (χ2n) is 6.74. The molecule has 0 atom stereocenters. The van der Waals surface area contributed by atoms with E-state index in [0.717, 1.165) is 17.9 Å². The summed E-state index contributed by atoms with van der Waals surface area (Å²) in [6.07, 6.45) is 8.15. The van der Waals surface area contributed by atoms with Crippen LogP contribution >= 0.6 is 12.2 Å². The molecular weight excluding hydrogens is 320 g/mol. The highest BCUT2D eigenvalue weighted by Gasteiger charge is 2.15. The number of carbonyl (C=O) groups excluding carboxylic acids is 1. The second kappa shape index (κ2) is 9.62. The van der Waals surface area contributed by atoms with Crippen molar-refractivity contribution in [3.63, 3.8) is 0 Å². The maximum Gasteiger partial charge on any atom is 0.226 e. The number of rotatable bonds is 6. The van der Waals surface area contributed by atoms with Crippen molar-refractivity contribution >= 4 is 28.9 Å². The average molecular weight is 349 g/mol. The molecule has 1 saturated carbocycles. The van der Waals surface area contributed by atoms with Crippen LogP contribution in [0.3, 0.4) is 0 Å². The van der Waals surface area contributed by atoms with E-state index in [2.05, 4.69) is 10.6 Å². The molecule has 24 heavy (non-hydrogen) atoms. The number of anilines is 1. The van der Waals surface area contributed by atoms with Crippen molar-refractivity contribution in [2.45, 2.75) is 64.9 Å². The van der Waals surface area contributed by atoms with Crippen molar-refractivity contribution in [2.24, 2.45) is 5.92 Å². The molecule has 0 aliphatic heterocycles. The van der Waals surface area contributed by atoms with Crippen LogP contribution in [0.1, 0.15) is 58.8 Å². The summed E-state index contributed by atoms with van der Waals surface area (Å²) in [4.78, 5) is 12.0. The summed E-state index contributed by atoms with van der Waals surface area (Å²) in [5.41, 5.74) is 0.837. The van der Waals surface area contributed by atoms with Gasteiger partial charge in [0.2, 0.25) is 5.91 Å². The van der Waals surface area contributed by atoms with Crippen LogP contribution in [0.4, 0.5) is 5.69 Å². The first-order valence-electron chi connectivity index (χ1n) is 8.90. The maximum atomic E-state index is 12.0. The molecule has 0 saturated heterocycles. The van der Waals surface area contributed by atoms with E-state index in [1.54, 1.807) is 0 Å². The largest absolute Gasteiger partial charge is 0.491 e. The van der Waals surface area contributed by atoms with Crippen LogP contribution in [0, 0.1) is 5.92 Å². The summed E-state index contributed by atoms with van der Waals surface area (Å²) in [5.74, 6) is 1.52. The normalized spacial score (nSPS) is 15.1. The molecule has 1 aromatic rings. The predicted molar refractivity (Wildman–Crippen MR) is 102 cm³/mol. The lowest BCUT2D eigenvalue weighted by Crippen LogP contribution is -2.34. The highest BCUT2D eigenvalue weighted by Crippen LogP contribution is 2.27. The van der Waals surface area contributed by atoms with Gasteiger partial charge in [0.25, 0.3) is 0 Å². The summed E-state index contributed by atoms with van der Waals surface area (Å²) in [6.45, 7) is 3.98. The summed E-state index contributed by atoms with van der Waals surface area (Å²) in [6, 6.07) is 7.54. The zero-order valence-corrected chi connectivity index (χ0v) is 15.5. The molecular formula is C19H28N2O2S. The van der Waals surface area contributed by atoms with Crippen molar-refractivity contribution < 1.29 is 9.53 Å². The van der Waals surface area contributed by atoms with E-state index in [-0.39, 0.29) is 12.0 Å². The second-order valence-corrected chi connectivity index (χ2v) is 7.14. The van der Waals surface area contributed by atoms with Gasteiger partial charge in [0, 0.05) is 12.1 Å². The van der Waals surface area contributed by atoms with Crippen molar-refractivity contribution in [3.8, 4) is 5.75 Å². The van der Waals surface area contributed by atoms with Crippen LogP contribution in [0.15, 0.2) is 24.3 Å². The maximum absolute atomic E-state index is 12.0. The summed E-state index contributed by atoms with van der Waals surface area (Å²) in [5, 5.41) is 6.15. The van der Waals surface area contributed by atoms with Gasteiger partial charge in [-0.1, -0.05) is 32.1 Å². The highest BCUT2D eigenvalue weighted by atomic mass is 32.1. The number of nitrogens with one attached hydrogen (secondary N) is 2. The zero-order chi connectivity index (χ0) is 17.4. The lowest BCUT2D eigenvalue weighted by atomic mass is 9.86. The van der Waals surface area contributed by atoms with Gasteiger partial charge in [0.15, 0.2) is 5.11 Å². The topological polar surface area (TPSA) is 50.4 Å². The molecule has 1 aliphatic rings. The van der Waals surface area contributed by atoms with E-state index in [1.165, 1.54) is 32.1 Å². The van der Waals surface area contributed by atoms with Gasteiger partial charge in [-0.05, 0) is 62.7 Å². The fraction of sp³-hybridized carbons (Fsp3) is 0.579. The van der Waals surface area contributed by atoms with Crippen LogP contribution in [0.25, 0.3) is 0 Å². The Balaban J connectivity index is 1.70. The van der Waals surface area contributed by atoms with E-state index < -0.39 is 0 Å². The predicted octanol–water partition coefficient (Wildman–Crippen LogP) is 4.65. The minimum atomic E-state index is -0.00200. The molecule has 1 amide bonds. The molecule has 2 rings (SSSR count). The van der Waals surface area contributed by atoms with E-state index >= 15 is 0 Å². The van der Waals surface area contributed by atoms with Crippen LogP contribution in [0.2, 0.25) is 0 Å². The third-order valence-electron chi connectivity index (χ3n) is 4.24. The van der Waals surface area contributed by atoms with E-state index in [0.29, 0.717) is 17.5 Å². The van der Waals surface area contributed by atoms with Gasteiger partial charge < -0.3 is 15.4 Å². The number of benzene rings is 1. The van der Waals surface area contributed by atoms with Crippen LogP contribution in [-0.2, 0) is 4.79 Å². The van der Waals surface area contributed by atoms with Gasteiger partial charge >= 0.3 is 0 Å². The Morgan fingerprint density at radius 1 is 1.21 bits per heavy atom. The number of hydrogen-bond acceptors (Lipinski definition) is 3. The molecule has 132 valence electrons. The van der Waals surface area contributed by atoms with E-state index in [1.807, 2.05) is 38.1 Å². The minimum absolute atomic E-state index is 0.00200. The van der Waals surface area contributed by atoms with Crippen LogP contribution < -0.4 is 15.4 Å². The molecule has 2 N–H and O–H groups in total. The summed E-state index contributed by atoms with van der Waals surface area (Å²) < 4.78 is 5.60. The van der Waals surface area contributed by atoms with Gasteiger partial charge in [-0.2, -0.15) is 0 Å². The molecule has 1 aliphatic carbocycles. The fourth-order valence-electron chi connectivity index (χ4n) is 3.05. The monoisotopic (exact) mass is 348 g/mol. The van der Waals surface area contributed by atoms with Crippen molar-refractivity contribution in [1.29, 1.82) is 0 Å². The Labute approximate surface area is 150 Å². The fourth-order valence-corrected chi connectivity index (χ4v) is 3.28. The third-order valence-corrected chi connectivity index (χ3v) is 4.45. The first-order chi connectivity index (χ1) is 11.5. The van der Waals surface area contributed by atoms with Gasteiger partial charge in [0.1, 0.15) is 5.75 Å². The van der Waals surface area contributed by atoms with Gasteiger partial charge in [-0.15, -0.1) is 0 Å². The number of thiocarbonyl (C=S) groups is 1. The molecule has 0 heterocycles. The lowest BCUT2D eigenvalue weighted by Gasteiger charge is -2.21. The standard InChI is InChI=1S/C19H28N2O2S/c1-14(2)23-17-11-9-16(10-12-17)20-19(24)21-18(22)13-8-15-6-4-3-5-7-15/h9-12,14-15H,3-8,13H2,1-2H3,(H2,20,21,22,24). The van der Waals surface area contributed by atoms with E-state index in [9.17, 15) is 4.79 Å². The Morgan fingerprint density at radius 3 is 2.50 bits per heavy atom. The number of ether oxygens (including phenoxy) is 1. The average Bonchev–Trinajstić information content (AvgIpc) is 2.55. The van der Waals surface area contributed by atoms with E-state index in [4.69, 9.17) is 17.0 Å². The molecule has 5 heteroatoms. The Bertz CT molecular complexity index is 537. The zero-order valence-electron chi connectivity index (χ0n) is 14.6. The quantitative estimate of drug-likeness (QED) is 0.735. The van der Waals surface area contributed by atoms with Gasteiger partial charge in [0.05, 0.1) is 6.10 Å². The number of hydrogen-bond donors (Lipinski definition) is 2. The molecule has 1 aromatic carbocycles. The number of amides is 1. The molecule has 0 radical (unpaired) electrons. The molecule has 1 fully saturated rings. The van der Waals surface area contributed by atoms with Gasteiger partial charge in [-0.25, -0.2) is 0 Å². The minimum Gasteiger partial charge on any atom is -0.491 e. The Kier molecular flexibility index (Phi) is 7.50. The van der Waals surface area contributed by atoms with Crippen molar-refractivity contribution in [3.05, 3.63) is 24.3 Å². The number of carbonyl (C=O) groups is 1. The Hall–Kier alpha value is -1.62. The SMILES string of the molecule is CC(C)Oc1ccc(NC(=S)NC(=O)CCC2CCCCC2)cc1. The van der Waals surface area contributed by atoms with Gasteiger partial charge in [-0.3, -0.25) is 4.79 Å². The molecule has 0 bridgehead atoms. The highest BCUT2D eigenvalue weighted by molar-refractivity contribution is 7.80. The first kappa shape index (κ1) is 18.7.